The van der Waals surface area contributed by atoms with E-state index in [4.69, 9.17) is 0 Å². The Hall–Kier alpha value is -0.870. The van der Waals surface area contributed by atoms with Crippen molar-refractivity contribution < 1.29 is 8.42 Å². The van der Waals surface area contributed by atoms with E-state index in [9.17, 15) is 8.42 Å². The van der Waals surface area contributed by atoms with Gasteiger partial charge in [-0.1, -0.05) is 26.0 Å². The molecule has 0 aromatic heterocycles. The summed E-state index contributed by atoms with van der Waals surface area (Å²) < 4.78 is 26.7. The highest BCUT2D eigenvalue weighted by molar-refractivity contribution is 7.89. The van der Waals surface area contributed by atoms with Gasteiger partial charge in [-0.15, -0.1) is 0 Å². The van der Waals surface area contributed by atoms with Gasteiger partial charge in [0.05, 0.1) is 4.90 Å². The van der Waals surface area contributed by atoms with Gasteiger partial charge in [0.15, 0.2) is 0 Å². The summed E-state index contributed by atoms with van der Waals surface area (Å²) in [6.07, 6.45) is 1.95. The fraction of sp³-hybridized carbons (Fsp3) is 0.571. The van der Waals surface area contributed by atoms with Crippen LogP contribution in [-0.2, 0) is 10.0 Å². The Morgan fingerprint density at radius 2 is 1.78 bits per heavy atom. The quantitative estimate of drug-likeness (QED) is 0.844. The molecular formula is C14H21NO2S. The largest absolute Gasteiger partial charge is 0.243 e. The van der Waals surface area contributed by atoms with Crippen molar-refractivity contribution in [3.63, 3.8) is 0 Å². The molecule has 1 saturated heterocycles. The van der Waals surface area contributed by atoms with Crippen LogP contribution in [-0.4, -0.2) is 25.8 Å². The van der Waals surface area contributed by atoms with Crippen molar-refractivity contribution in [2.24, 2.45) is 0 Å². The van der Waals surface area contributed by atoms with Crippen molar-refractivity contribution in [1.82, 2.24) is 4.31 Å². The molecule has 1 aliphatic rings. The number of aryl methyl sites for hydroxylation is 1. The second kappa shape index (κ2) is 5.02. The Kier molecular flexibility index (Phi) is 3.78. The molecule has 1 aromatic rings. The Morgan fingerprint density at radius 1 is 1.17 bits per heavy atom. The van der Waals surface area contributed by atoms with E-state index >= 15 is 0 Å². The molecular weight excluding hydrogens is 246 g/mol. The minimum atomic E-state index is -3.29. The molecule has 0 atom stereocenters. The zero-order valence-electron chi connectivity index (χ0n) is 11.3. The summed E-state index contributed by atoms with van der Waals surface area (Å²) in [6.45, 7) is 7.35. The predicted molar refractivity (Wildman–Crippen MR) is 73.3 cm³/mol. The molecule has 1 heterocycles. The molecule has 18 heavy (non-hydrogen) atoms. The Balaban J connectivity index is 2.46. The van der Waals surface area contributed by atoms with E-state index in [1.807, 2.05) is 25.1 Å². The van der Waals surface area contributed by atoms with Crippen molar-refractivity contribution in [2.45, 2.75) is 44.4 Å². The maximum atomic E-state index is 12.6. The summed E-state index contributed by atoms with van der Waals surface area (Å²) in [5.41, 5.74) is 1.92. The first-order valence-electron chi connectivity index (χ1n) is 6.53. The molecule has 2 rings (SSSR count). The van der Waals surface area contributed by atoms with Crippen molar-refractivity contribution in [3.8, 4) is 0 Å². The Labute approximate surface area is 110 Å². The highest BCUT2D eigenvalue weighted by Gasteiger charge is 2.28. The minimum Gasteiger partial charge on any atom is -0.207 e. The number of rotatable bonds is 3. The molecule has 0 aliphatic carbocycles. The predicted octanol–water partition coefficient (Wildman–Crippen LogP) is 2.90. The number of hydrogen-bond acceptors (Lipinski definition) is 2. The Bertz CT molecular complexity index is 529. The molecule has 0 amide bonds. The van der Waals surface area contributed by atoms with Gasteiger partial charge < -0.3 is 0 Å². The van der Waals surface area contributed by atoms with Crippen molar-refractivity contribution in [2.75, 3.05) is 13.1 Å². The van der Waals surface area contributed by atoms with Crippen molar-refractivity contribution in [1.29, 1.82) is 0 Å². The SMILES string of the molecule is Cc1ccc(C(C)C)cc1S(=O)(=O)N1CCCC1. The smallest absolute Gasteiger partial charge is 0.207 e. The van der Waals surface area contributed by atoms with Gasteiger partial charge in [0.1, 0.15) is 0 Å². The van der Waals surface area contributed by atoms with Crippen molar-refractivity contribution >= 4 is 10.0 Å². The normalized spacial score (nSPS) is 17.6. The van der Waals surface area contributed by atoms with Gasteiger partial charge in [0, 0.05) is 13.1 Å². The van der Waals surface area contributed by atoms with Crippen LogP contribution in [0.1, 0.15) is 43.7 Å². The van der Waals surface area contributed by atoms with Crippen LogP contribution < -0.4 is 0 Å². The van der Waals surface area contributed by atoms with Gasteiger partial charge >= 0.3 is 0 Å². The van der Waals surface area contributed by atoms with Crippen LogP contribution in [0.2, 0.25) is 0 Å². The van der Waals surface area contributed by atoms with E-state index in [2.05, 4.69) is 13.8 Å². The van der Waals surface area contributed by atoms with E-state index in [0.29, 0.717) is 23.9 Å². The fourth-order valence-corrected chi connectivity index (χ4v) is 4.10. The molecule has 1 fully saturated rings. The van der Waals surface area contributed by atoms with E-state index in [-0.39, 0.29) is 0 Å². The first kappa shape index (κ1) is 13.6. The minimum absolute atomic E-state index is 0.345. The summed E-state index contributed by atoms with van der Waals surface area (Å²) in [7, 11) is -3.29. The van der Waals surface area contributed by atoms with Gasteiger partial charge in [0.2, 0.25) is 10.0 Å². The Morgan fingerprint density at radius 3 is 2.33 bits per heavy atom. The van der Waals surface area contributed by atoms with Gasteiger partial charge in [0.25, 0.3) is 0 Å². The van der Waals surface area contributed by atoms with Gasteiger partial charge in [-0.25, -0.2) is 8.42 Å². The average Bonchev–Trinajstić information content (AvgIpc) is 2.82. The molecule has 0 saturated carbocycles. The van der Waals surface area contributed by atoms with Crippen LogP contribution in [0.5, 0.6) is 0 Å². The van der Waals surface area contributed by atoms with Crippen LogP contribution in [0.25, 0.3) is 0 Å². The molecule has 4 heteroatoms. The van der Waals surface area contributed by atoms with Crippen LogP contribution >= 0.6 is 0 Å². The maximum absolute atomic E-state index is 12.6. The third-order valence-corrected chi connectivity index (χ3v) is 5.60. The molecule has 0 spiro atoms. The molecule has 0 unspecified atom stereocenters. The monoisotopic (exact) mass is 267 g/mol. The zero-order valence-corrected chi connectivity index (χ0v) is 12.1. The fourth-order valence-electron chi connectivity index (χ4n) is 2.32. The lowest BCUT2D eigenvalue weighted by molar-refractivity contribution is 0.477. The molecule has 0 radical (unpaired) electrons. The summed E-state index contributed by atoms with van der Waals surface area (Å²) in [5.74, 6) is 0.345. The van der Waals surface area contributed by atoms with Gasteiger partial charge in [-0.05, 0) is 42.9 Å². The highest BCUT2D eigenvalue weighted by Crippen LogP contribution is 2.26. The number of sulfonamides is 1. The van der Waals surface area contributed by atoms with Gasteiger partial charge in [-0.3, -0.25) is 0 Å². The van der Waals surface area contributed by atoms with Crippen LogP contribution in [0.3, 0.4) is 0 Å². The lowest BCUT2D eigenvalue weighted by Gasteiger charge is -2.18. The van der Waals surface area contributed by atoms with E-state index in [1.165, 1.54) is 0 Å². The van der Waals surface area contributed by atoms with Crippen LogP contribution in [0.15, 0.2) is 23.1 Å². The lowest BCUT2D eigenvalue weighted by Crippen LogP contribution is -2.28. The van der Waals surface area contributed by atoms with Crippen molar-refractivity contribution in [3.05, 3.63) is 29.3 Å². The van der Waals surface area contributed by atoms with E-state index < -0.39 is 10.0 Å². The number of nitrogens with zero attached hydrogens (tertiary/aromatic N) is 1. The van der Waals surface area contributed by atoms with Gasteiger partial charge in [-0.2, -0.15) is 4.31 Å². The first-order valence-corrected chi connectivity index (χ1v) is 7.97. The van der Waals surface area contributed by atoms with E-state index in [1.54, 1.807) is 4.31 Å². The highest BCUT2D eigenvalue weighted by atomic mass is 32.2. The third-order valence-electron chi connectivity index (χ3n) is 3.56. The molecule has 100 valence electrons. The second-order valence-electron chi connectivity index (χ2n) is 5.29. The molecule has 3 nitrogen and oxygen atoms in total. The zero-order chi connectivity index (χ0) is 13.3. The summed E-state index contributed by atoms with van der Waals surface area (Å²) in [4.78, 5) is 0.482. The molecule has 0 N–H and O–H groups in total. The van der Waals surface area contributed by atoms with Crippen LogP contribution in [0.4, 0.5) is 0 Å². The average molecular weight is 267 g/mol. The summed E-state index contributed by atoms with van der Waals surface area (Å²) in [5, 5.41) is 0. The lowest BCUT2D eigenvalue weighted by atomic mass is 10.0. The topological polar surface area (TPSA) is 37.4 Å². The third kappa shape index (κ3) is 2.45. The maximum Gasteiger partial charge on any atom is 0.243 e. The number of benzene rings is 1. The molecule has 1 aromatic carbocycles. The van der Waals surface area contributed by atoms with Crippen LogP contribution in [0, 0.1) is 6.92 Å². The summed E-state index contributed by atoms with van der Waals surface area (Å²) >= 11 is 0. The standard InChI is InChI=1S/C14H21NO2S/c1-11(2)13-7-6-12(3)14(10-13)18(16,17)15-8-4-5-9-15/h6-7,10-11H,4-5,8-9H2,1-3H3. The molecule has 1 aliphatic heterocycles. The summed E-state index contributed by atoms with van der Waals surface area (Å²) in [6, 6.07) is 5.77. The first-order chi connectivity index (χ1) is 8.43. The number of hydrogen-bond donors (Lipinski definition) is 0. The van der Waals surface area contributed by atoms with E-state index in [0.717, 1.165) is 24.0 Å². The second-order valence-corrected chi connectivity index (χ2v) is 7.20. The molecule has 0 bridgehead atoms.